The van der Waals surface area contributed by atoms with E-state index in [1.807, 2.05) is 47.3 Å². The van der Waals surface area contributed by atoms with E-state index in [9.17, 15) is 14.4 Å². The topological polar surface area (TPSA) is 66.9 Å². The van der Waals surface area contributed by atoms with Crippen LogP contribution >= 0.6 is 50.4 Å². The summed E-state index contributed by atoms with van der Waals surface area (Å²) in [5.74, 6) is 5.99. The van der Waals surface area contributed by atoms with Gasteiger partial charge in [0.1, 0.15) is 10.7 Å². The van der Waals surface area contributed by atoms with Gasteiger partial charge in [0.05, 0.1) is 7.11 Å². The quantitative estimate of drug-likeness (QED) is 0.206. The number of ether oxygens (including phenoxy) is 1. The van der Waals surface area contributed by atoms with Gasteiger partial charge in [-0.05, 0) is 68.3 Å². The van der Waals surface area contributed by atoms with E-state index < -0.39 is 0 Å². The molecule has 3 heterocycles. The van der Waals surface area contributed by atoms with Gasteiger partial charge < -0.3 is 4.74 Å². The first-order valence-electron chi connectivity index (χ1n) is 11.4. The van der Waals surface area contributed by atoms with Crippen LogP contribution in [0.4, 0.5) is 4.79 Å². The minimum atomic E-state index is -0.385. The zero-order valence-corrected chi connectivity index (χ0v) is 24.0. The molecule has 0 saturated carbocycles. The Morgan fingerprint density at radius 2 is 1.95 bits per heavy atom. The summed E-state index contributed by atoms with van der Waals surface area (Å²) in [5, 5.41) is 9.06. The van der Waals surface area contributed by atoms with Crippen LogP contribution in [-0.4, -0.2) is 47.2 Å². The lowest BCUT2D eigenvalue weighted by Gasteiger charge is -2.35. The van der Waals surface area contributed by atoms with Crippen LogP contribution in [0.15, 0.2) is 63.2 Å². The number of methoxy groups -OCH3 is 1. The lowest BCUT2D eigenvalue weighted by molar-refractivity contribution is -0.119. The molecule has 3 aromatic rings. The van der Waals surface area contributed by atoms with Gasteiger partial charge in [0.25, 0.3) is 0 Å². The van der Waals surface area contributed by atoms with Crippen LogP contribution in [0.5, 0.6) is 0 Å². The second-order valence-corrected chi connectivity index (χ2v) is 11.6. The number of thioether (sulfide) groups is 1. The number of nitrogens with zero attached hydrogens (tertiary/aromatic N) is 2. The van der Waals surface area contributed by atoms with Crippen LogP contribution < -0.4 is 0 Å². The lowest BCUT2D eigenvalue weighted by Crippen LogP contribution is -2.45. The Hall–Kier alpha value is -2.84. The minimum absolute atomic E-state index is 0.0886. The van der Waals surface area contributed by atoms with Crippen molar-refractivity contribution in [2.24, 2.45) is 0 Å². The molecule has 0 unspecified atom stereocenters. The van der Waals surface area contributed by atoms with E-state index in [-0.39, 0.29) is 17.0 Å². The molecule has 0 atom stereocenters. The van der Waals surface area contributed by atoms with E-state index in [4.69, 9.17) is 4.74 Å². The summed E-state index contributed by atoms with van der Waals surface area (Å²) in [4.78, 5) is 38.7. The number of thiophene rings is 2. The number of carbonyl (C=O) groups is 3. The number of esters is 1. The summed E-state index contributed by atoms with van der Waals surface area (Å²) < 4.78 is 5.61. The molecule has 190 valence electrons. The van der Waals surface area contributed by atoms with Crippen molar-refractivity contribution in [3.8, 4) is 11.8 Å². The zero-order chi connectivity index (χ0) is 26.2. The molecule has 0 radical (unpaired) electrons. The van der Waals surface area contributed by atoms with Crippen LogP contribution in [0, 0.1) is 11.8 Å². The first kappa shape index (κ1) is 27.2. The number of amides is 1. The molecule has 6 nitrogen and oxygen atoms in total. The number of carbonyl (C=O) groups excluding carboxylic acids is 3. The van der Waals surface area contributed by atoms with Gasteiger partial charge in [-0.1, -0.05) is 24.0 Å². The Morgan fingerprint density at radius 1 is 1.11 bits per heavy atom. The molecule has 4 rings (SSSR count). The Labute approximate surface area is 236 Å². The van der Waals surface area contributed by atoms with Gasteiger partial charge in [-0.3, -0.25) is 14.6 Å². The van der Waals surface area contributed by atoms with Crippen molar-refractivity contribution in [3.05, 3.63) is 89.7 Å². The zero-order valence-electron chi connectivity index (χ0n) is 19.9. The highest BCUT2D eigenvalue weighted by Gasteiger charge is 2.24. The molecule has 37 heavy (non-hydrogen) atoms. The van der Waals surface area contributed by atoms with E-state index in [0.29, 0.717) is 37.2 Å². The molecule has 0 fully saturated rings. The summed E-state index contributed by atoms with van der Waals surface area (Å²) in [7, 11) is 1.35. The number of hydrogen-bond acceptors (Lipinski definition) is 8. The molecule has 0 saturated heterocycles. The van der Waals surface area contributed by atoms with Gasteiger partial charge in [-0.25, -0.2) is 9.80 Å². The van der Waals surface area contributed by atoms with Crippen molar-refractivity contribution < 1.29 is 19.1 Å². The third-order valence-electron chi connectivity index (χ3n) is 5.44. The Kier molecular flexibility index (Phi) is 9.63. The number of hydrazine groups is 1. The van der Waals surface area contributed by atoms with Gasteiger partial charge in [-0.2, -0.15) is 11.3 Å². The molecule has 1 amide bonds. The molecular weight excluding hydrogens is 592 g/mol. The van der Waals surface area contributed by atoms with Gasteiger partial charge >= 0.3 is 11.2 Å². The summed E-state index contributed by atoms with van der Waals surface area (Å²) in [6.07, 6.45) is 3.00. The molecule has 0 aliphatic carbocycles. The maximum Gasteiger partial charge on any atom is 0.348 e. The smallest absolute Gasteiger partial charge is 0.348 e. The third kappa shape index (κ3) is 7.58. The summed E-state index contributed by atoms with van der Waals surface area (Å²) >= 11 is 7.55. The van der Waals surface area contributed by atoms with Crippen molar-refractivity contribution in [3.63, 3.8) is 0 Å². The normalized spacial score (nSPS) is 12.9. The van der Waals surface area contributed by atoms with Gasteiger partial charge in [0.2, 0.25) is 0 Å². The molecular formula is C27H23BrN2O4S3. The molecule has 1 aliphatic heterocycles. The monoisotopic (exact) mass is 614 g/mol. The van der Waals surface area contributed by atoms with E-state index in [1.54, 1.807) is 32.8 Å². The van der Waals surface area contributed by atoms with Crippen molar-refractivity contribution in [1.82, 2.24) is 10.0 Å². The van der Waals surface area contributed by atoms with Gasteiger partial charge in [0, 0.05) is 64.4 Å². The number of hydrogen-bond donors (Lipinski definition) is 0. The predicted octanol–water partition coefficient (Wildman–Crippen LogP) is 6.36. The number of rotatable bonds is 9. The number of Topliss-reactive ketones (excluding diaryl/α,β-unsaturated/α-hetero) is 1. The molecule has 10 heteroatoms. The van der Waals surface area contributed by atoms with Crippen LogP contribution in [0.3, 0.4) is 0 Å². The second-order valence-electron chi connectivity index (χ2n) is 8.01. The summed E-state index contributed by atoms with van der Waals surface area (Å²) in [5.41, 5.74) is 2.77. The summed E-state index contributed by atoms with van der Waals surface area (Å²) in [6.45, 7) is 0.827. The minimum Gasteiger partial charge on any atom is -0.465 e. The SMILES string of the molecule is COC(=O)c1cc(Br)c(CCN2C(=O)SC=CN2CCC(=O)Cc2cccc(C#Cc3ccsc3)c2)s1. The number of benzene rings is 1. The van der Waals surface area contributed by atoms with Crippen molar-refractivity contribution in [2.75, 3.05) is 20.2 Å². The highest BCUT2D eigenvalue weighted by molar-refractivity contribution is 9.10. The van der Waals surface area contributed by atoms with E-state index in [0.717, 1.165) is 37.8 Å². The maximum atomic E-state index is 12.8. The van der Waals surface area contributed by atoms with Crippen molar-refractivity contribution in [2.45, 2.75) is 19.3 Å². The average Bonchev–Trinajstić information content (AvgIpc) is 3.55. The number of halogens is 1. The van der Waals surface area contributed by atoms with Crippen molar-refractivity contribution in [1.29, 1.82) is 0 Å². The predicted molar refractivity (Wildman–Crippen MR) is 153 cm³/mol. The Bertz CT molecular complexity index is 1370. The third-order valence-corrected chi connectivity index (χ3v) is 8.94. The van der Waals surface area contributed by atoms with E-state index in [2.05, 4.69) is 27.8 Å². The fraction of sp³-hybridized carbons (Fsp3) is 0.222. The standard InChI is InChI=1S/C27H23BrN2O4S3/c1-34-26(32)25-17-23(28)24(37-25)8-11-30-27(33)36-14-12-29(30)10-7-22(31)16-21-4-2-3-19(15-21)5-6-20-9-13-35-18-20/h2-4,9,12-15,17-18H,7-8,10-11,16H2,1H3. The Morgan fingerprint density at radius 3 is 2.73 bits per heavy atom. The summed E-state index contributed by atoms with van der Waals surface area (Å²) in [6, 6.07) is 11.4. The van der Waals surface area contributed by atoms with Crippen LogP contribution in [0.2, 0.25) is 0 Å². The molecule has 0 spiro atoms. The fourth-order valence-electron chi connectivity index (χ4n) is 3.60. The molecule has 2 aromatic heterocycles. The number of ketones is 1. The maximum absolute atomic E-state index is 12.8. The fourth-order valence-corrected chi connectivity index (χ4v) is 6.60. The second kappa shape index (κ2) is 13.1. The first-order chi connectivity index (χ1) is 17.9. The van der Waals surface area contributed by atoms with E-state index in [1.165, 1.54) is 18.4 Å². The molecule has 0 bridgehead atoms. The van der Waals surface area contributed by atoms with Crippen molar-refractivity contribution >= 4 is 67.4 Å². The average molecular weight is 616 g/mol. The van der Waals surface area contributed by atoms with Crippen LogP contribution in [0.1, 0.15) is 37.7 Å². The molecule has 1 aliphatic rings. The highest BCUT2D eigenvalue weighted by Crippen LogP contribution is 2.29. The highest BCUT2D eigenvalue weighted by atomic mass is 79.9. The van der Waals surface area contributed by atoms with E-state index >= 15 is 0 Å². The van der Waals surface area contributed by atoms with Gasteiger partial charge in [0.15, 0.2) is 0 Å². The lowest BCUT2D eigenvalue weighted by atomic mass is 10.0. The Balaban J connectivity index is 1.33. The first-order valence-corrected chi connectivity index (χ1v) is 14.8. The largest absolute Gasteiger partial charge is 0.465 e. The molecule has 0 N–H and O–H groups in total. The molecule has 1 aromatic carbocycles. The van der Waals surface area contributed by atoms with Crippen LogP contribution in [0.25, 0.3) is 0 Å². The van der Waals surface area contributed by atoms with Crippen LogP contribution in [-0.2, 0) is 22.4 Å². The van der Waals surface area contributed by atoms with Gasteiger partial charge in [-0.15, -0.1) is 11.3 Å².